The number of amides is 1. The molecule has 0 bridgehead atoms. The Bertz CT molecular complexity index is 984. The van der Waals surface area contributed by atoms with Crippen molar-refractivity contribution >= 4 is 17.3 Å². The van der Waals surface area contributed by atoms with Crippen LogP contribution in [-0.4, -0.2) is 31.6 Å². The highest BCUT2D eigenvalue weighted by Crippen LogP contribution is 2.26. The number of aromatic nitrogens is 3. The van der Waals surface area contributed by atoms with E-state index in [1.165, 1.54) is 12.4 Å². The van der Waals surface area contributed by atoms with E-state index in [2.05, 4.69) is 20.7 Å². The van der Waals surface area contributed by atoms with Crippen LogP contribution in [0.1, 0.15) is 35.3 Å². The molecule has 0 aliphatic heterocycles. The Labute approximate surface area is 167 Å². The third-order valence-corrected chi connectivity index (χ3v) is 4.19. The Kier molecular flexibility index (Phi) is 6.18. The van der Waals surface area contributed by atoms with Crippen molar-refractivity contribution < 1.29 is 9.72 Å². The van der Waals surface area contributed by atoms with Crippen molar-refractivity contribution in [1.29, 1.82) is 0 Å². The van der Waals surface area contributed by atoms with Gasteiger partial charge in [-0.3, -0.25) is 14.9 Å². The predicted molar refractivity (Wildman–Crippen MR) is 109 cm³/mol. The Morgan fingerprint density at radius 1 is 1.17 bits per heavy atom. The Hall–Kier alpha value is -3.75. The molecule has 29 heavy (non-hydrogen) atoms. The largest absolute Gasteiger partial charge is 0.375 e. The molecule has 1 aromatic heterocycles. The molecule has 3 aromatic rings. The monoisotopic (exact) mass is 394 g/mol. The van der Waals surface area contributed by atoms with Crippen molar-refractivity contribution in [3.63, 3.8) is 0 Å². The summed E-state index contributed by atoms with van der Waals surface area (Å²) < 4.78 is 1.73. The summed E-state index contributed by atoms with van der Waals surface area (Å²) in [4.78, 5) is 27.0. The summed E-state index contributed by atoms with van der Waals surface area (Å²) in [5.74, 6) is -0.336. The molecule has 2 aromatic carbocycles. The van der Waals surface area contributed by atoms with Gasteiger partial charge in [0.2, 0.25) is 0 Å². The van der Waals surface area contributed by atoms with Crippen LogP contribution in [0.3, 0.4) is 0 Å². The molecule has 0 aliphatic carbocycles. The first kappa shape index (κ1) is 20.0. The van der Waals surface area contributed by atoms with Crippen molar-refractivity contribution in [1.82, 2.24) is 20.1 Å². The highest BCUT2D eigenvalue weighted by atomic mass is 16.6. The molecule has 0 unspecified atom stereocenters. The molecular weight excluding hydrogens is 372 g/mol. The van der Waals surface area contributed by atoms with E-state index in [-0.39, 0.29) is 23.2 Å². The molecule has 150 valence electrons. The van der Waals surface area contributed by atoms with Gasteiger partial charge >= 0.3 is 0 Å². The number of carbonyl (C=O) groups is 1. The van der Waals surface area contributed by atoms with Crippen LogP contribution < -0.4 is 10.6 Å². The fraction of sp³-hybridized carbons (Fsp3) is 0.250. The minimum Gasteiger partial charge on any atom is -0.375 e. The fourth-order valence-corrected chi connectivity index (χ4v) is 2.78. The number of hydrogen-bond acceptors (Lipinski definition) is 6. The average Bonchev–Trinajstić information content (AvgIpc) is 3.19. The predicted octanol–water partition coefficient (Wildman–Crippen LogP) is 2.98. The van der Waals surface area contributed by atoms with E-state index in [9.17, 15) is 14.9 Å². The number of nitrogens with zero attached hydrogens (tertiary/aromatic N) is 4. The van der Waals surface area contributed by atoms with Crippen molar-refractivity contribution in [3.8, 4) is 0 Å². The molecule has 0 radical (unpaired) electrons. The van der Waals surface area contributed by atoms with E-state index in [1.807, 2.05) is 38.1 Å². The van der Waals surface area contributed by atoms with Gasteiger partial charge in [-0.05, 0) is 37.1 Å². The minimum absolute atomic E-state index is 0.0492. The Morgan fingerprint density at radius 2 is 1.90 bits per heavy atom. The van der Waals surface area contributed by atoms with Crippen LogP contribution in [0.25, 0.3) is 0 Å². The number of anilines is 1. The average molecular weight is 394 g/mol. The van der Waals surface area contributed by atoms with E-state index in [0.717, 1.165) is 11.1 Å². The third-order valence-electron chi connectivity index (χ3n) is 4.19. The summed E-state index contributed by atoms with van der Waals surface area (Å²) in [5, 5.41) is 21.3. The summed E-state index contributed by atoms with van der Waals surface area (Å²) in [5.41, 5.74) is 2.54. The van der Waals surface area contributed by atoms with Gasteiger partial charge < -0.3 is 10.6 Å². The quantitative estimate of drug-likeness (QED) is 0.448. The molecule has 0 aliphatic rings. The number of rotatable bonds is 8. The summed E-state index contributed by atoms with van der Waals surface area (Å²) in [6.07, 6.45) is 3.14. The van der Waals surface area contributed by atoms with Gasteiger partial charge in [-0.25, -0.2) is 9.67 Å². The number of hydrogen-bond donors (Lipinski definition) is 2. The molecule has 0 atom stereocenters. The van der Waals surface area contributed by atoms with Crippen molar-refractivity contribution in [2.75, 3.05) is 5.32 Å². The normalized spacial score (nSPS) is 10.7. The number of benzene rings is 2. The zero-order chi connectivity index (χ0) is 20.8. The van der Waals surface area contributed by atoms with Gasteiger partial charge in [0.25, 0.3) is 11.6 Å². The van der Waals surface area contributed by atoms with Gasteiger partial charge in [-0.15, -0.1) is 0 Å². The molecule has 9 heteroatoms. The second-order valence-electron chi connectivity index (χ2n) is 6.88. The van der Waals surface area contributed by atoms with Crippen LogP contribution in [0.4, 0.5) is 11.4 Å². The maximum absolute atomic E-state index is 12.1. The van der Waals surface area contributed by atoms with E-state index in [0.29, 0.717) is 18.8 Å². The molecule has 1 amide bonds. The highest BCUT2D eigenvalue weighted by Gasteiger charge is 2.18. The topological polar surface area (TPSA) is 115 Å². The van der Waals surface area contributed by atoms with E-state index < -0.39 is 4.92 Å². The number of carbonyl (C=O) groups excluding carboxylic acids is 1. The maximum Gasteiger partial charge on any atom is 0.293 e. The molecule has 0 fully saturated rings. The van der Waals surface area contributed by atoms with E-state index in [4.69, 9.17) is 0 Å². The Morgan fingerprint density at radius 3 is 2.52 bits per heavy atom. The molecular formula is C20H22N6O3. The summed E-state index contributed by atoms with van der Waals surface area (Å²) in [6.45, 7) is 4.71. The second kappa shape index (κ2) is 8.96. The summed E-state index contributed by atoms with van der Waals surface area (Å²) >= 11 is 0. The van der Waals surface area contributed by atoms with E-state index in [1.54, 1.807) is 23.1 Å². The summed E-state index contributed by atoms with van der Waals surface area (Å²) in [6, 6.07) is 12.2. The van der Waals surface area contributed by atoms with Crippen LogP contribution >= 0.6 is 0 Å². The van der Waals surface area contributed by atoms with Gasteiger partial charge in [-0.1, -0.05) is 24.3 Å². The zero-order valence-electron chi connectivity index (χ0n) is 16.2. The van der Waals surface area contributed by atoms with E-state index >= 15 is 0 Å². The lowest BCUT2D eigenvalue weighted by Crippen LogP contribution is -2.30. The first-order chi connectivity index (χ1) is 13.9. The molecule has 9 nitrogen and oxygen atoms in total. The SMILES string of the molecule is CC(C)NC(=O)c1ccc(NCc2ccc(Cn3cncn3)cc2)c([N+](=O)[O-])c1. The fourth-order valence-electron chi connectivity index (χ4n) is 2.78. The van der Waals surface area contributed by atoms with Gasteiger partial charge in [0.15, 0.2) is 0 Å². The number of nitro groups is 1. The molecule has 0 spiro atoms. The lowest BCUT2D eigenvalue weighted by atomic mass is 10.1. The molecule has 0 saturated heterocycles. The van der Waals surface area contributed by atoms with Crippen LogP contribution in [0.2, 0.25) is 0 Å². The minimum atomic E-state index is -0.490. The zero-order valence-corrected chi connectivity index (χ0v) is 16.2. The molecule has 1 heterocycles. The van der Waals surface area contributed by atoms with Gasteiger partial charge in [-0.2, -0.15) is 5.10 Å². The van der Waals surface area contributed by atoms with Crippen molar-refractivity contribution in [2.45, 2.75) is 33.0 Å². The lowest BCUT2D eigenvalue weighted by Gasteiger charge is -2.11. The van der Waals surface area contributed by atoms with Crippen molar-refractivity contribution in [3.05, 3.63) is 81.9 Å². The molecule has 3 rings (SSSR count). The molecule has 2 N–H and O–H groups in total. The van der Waals surface area contributed by atoms with Crippen molar-refractivity contribution in [2.24, 2.45) is 0 Å². The van der Waals surface area contributed by atoms with Crippen LogP contribution in [0.5, 0.6) is 0 Å². The number of nitrogens with one attached hydrogen (secondary N) is 2. The first-order valence-electron chi connectivity index (χ1n) is 9.16. The lowest BCUT2D eigenvalue weighted by molar-refractivity contribution is -0.384. The van der Waals surface area contributed by atoms with Gasteiger partial charge in [0.05, 0.1) is 11.5 Å². The Balaban J connectivity index is 1.67. The van der Waals surface area contributed by atoms with Gasteiger partial charge in [0, 0.05) is 24.2 Å². The second-order valence-corrected chi connectivity index (χ2v) is 6.88. The third kappa shape index (κ3) is 5.38. The molecule has 0 saturated carbocycles. The smallest absolute Gasteiger partial charge is 0.293 e. The highest BCUT2D eigenvalue weighted by molar-refractivity contribution is 5.95. The summed E-state index contributed by atoms with van der Waals surface area (Å²) in [7, 11) is 0. The maximum atomic E-state index is 12.1. The van der Waals surface area contributed by atoms with Crippen LogP contribution in [0.15, 0.2) is 55.1 Å². The van der Waals surface area contributed by atoms with Crippen LogP contribution in [-0.2, 0) is 13.1 Å². The van der Waals surface area contributed by atoms with Crippen LogP contribution in [0, 0.1) is 10.1 Å². The first-order valence-corrected chi connectivity index (χ1v) is 9.16. The standard InChI is InChI=1S/C20H22N6O3/c1-14(2)24-20(27)17-7-8-18(19(9-17)26(28)29)22-10-15-3-5-16(6-4-15)11-25-13-21-12-23-25/h3-9,12-14,22H,10-11H2,1-2H3,(H,24,27). The van der Waals surface area contributed by atoms with Gasteiger partial charge in [0.1, 0.15) is 18.3 Å². The number of nitro benzene ring substituents is 1.